The molecule has 6 heteroatoms. The maximum atomic E-state index is 5.45. The first-order valence-electron chi connectivity index (χ1n) is 3.58. The van der Waals surface area contributed by atoms with Crippen molar-refractivity contribution in [3.8, 4) is 0 Å². The second-order valence-corrected chi connectivity index (χ2v) is 3.21. The van der Waals surface area contributed by atoms with Gasteiger partial charge in [0.15, 0.2) is 5.16 Å². The van der Waals surface area contributed by atoms with Crippen LogP contribution < -0.4 is 11.1 Å². The summed E-state index contributed by atoms with van der Waals surface area (Å²) in [5, 5.41) is 3.47. The Labute approximate surface area is 75.2 Å². The minimum Gasteiger partial charge on any atom is -0.368 e. The Morgan fingerprint density at radius 1 is 1.42 bits per heavy atom. The molecule has 0 aliphatic rings. The average molecular weight is 185 g/mol. The first-order valence-corrected chi connectivity index (χ1v) is 4.57. The average Bonchev–Trinajstić information content (AvgIpc) is 2.04. The van der Waals surface area contributed by atoms with Crippen molar-refractivity contribution in [1.82, 2.24) is 15.0 Å². The molecule has 1 rings (SSSR count). The molecule has 0 bridgehead atoms. The normalized spacial score (nSPS) is 9.83. The zero-order valence-corrected chi connectivity index (χ0v) is 7.85. The van der Waals surface area contributed by atoms with Gasteiger partial charge < -0.3 is 11.1 Å². The third kappa shape index (κ3) is 2.23. The van der Waals surface area contributed by atoms with E-state index in [0.29, 0.717) is 11.1 Å². The monoisotopic (exact) mass is 185 g/mol. The van der Waals surface area contributed by atoms with Crippen molar-refractivity contribution in [3.63, 3.8) is 0 Å². The van der Waals surface area contributed by atoms with Gasteiger partial charge in [-0.15, -0.1) is 0 Å². The van der Waals surface area contributed by atoms with Crippen LogP contribution in [0.25, 0.3) is 0 Å². The molecule has 0 saturated heterocycles. The molecule has 1 aromatic heterocycles. The number of aromatic nitrogens is 3. The minimum atomic E-state index is 0.255. The maximum Gasteiger partial charge on any atom is 0.228 e. The van der Waals surface area contributed by atoms with Gasteiger partial charge in [0.2, 0.25) is 11.9 Å². The molecule has 3 N–H and O–H groups in total. The molecule has 0 unspecified atom stereocenters. The molecule has 0 radical (unpaired) electrons. The summed E-state index contributed by atoms with van der Waals surface area (Å²) in [5.74, 6) is 1.69. The van der Waals surface area contributed by atoms with E-state index in [4.69, 9.17) is 5.73 Å². The van der Waals surface area contributed by atoms with Crippen LogP contribution in [0.15, 0.2) is 5.16 Å². The summed E-state index contributed by atoms with van der Waals surface area (Å²) in [5.41, 5.74) is 5.45. The molecule has 1 heterocycles. The van der Waals surface area contributed by atoms with E-state index in [9.17, 15) is 0 Å². The van der Waals surface area contributed by atoms with Gasteiger partial charge in [0, 0.05) is 7.05 Å². The number of nitrogen functional groups attached to an aromatic ring is 1. The summed E-state index contributed by atoms with van der Waals surface area (Å²) in [4.78, 5) is 11.9. The van der Waals surface area contributed by atoms with Crippen LogP contribution in [-0.2, 0) is 0 Å². The second-order valence-electron chi connectivity index (χ2n) is 1.98. The third-order valence-electron chi connectivity index (χ3n) is 1.13. The van der Waals surface area contributed by atoms with Crippen LogP contribution in [0.4, 0.5) is 11.9 Å². The molecule has 0 atom stereocenters. The van der Waals surface area contributed by atoms with Crippen molar-refractivity contribution >= 4 is 23.7 Å². The first kappa shape index (κ1) is 9.05. The van der Waals surface area contributed by atoms with Gasteiger partial charge in [0.05, 0.1) is 0 Å². The summed E-state index contributed by atoms with van der Waals surface area (Å²) in [6, 6.07) is 0. The van der Waals surface area contributed by atoms with Crippen LogP contribution in [0.5, 0.6) is 0 Å². The predicted molar refractivity (Wildman–Crippen MR) is 50.2 cm³/mol. The molecule has 0 aromatic carbocycles. The van der Waals surface area contributed by atoms with Gasteiger partial charge in [0.25, 0.3) is 0 Å². The highest BCUT2D eigenvalue weighted by molar-refractivity contribution is 7.99. The molecule has 0 fully saturated rings. The standard InChI is InChI=1S/C6H11N5S/c1-3-12-6-10-4(7)9-5(8-2)11-6/h3H2,1-2H3,(H3,7,8,9,10,11). The quantitative estimate of drug-likeness (QED) is 0.672. The fourth-order valence-corrected chi connectivity index (χ4v) is 1.24. The van der Waals surface area contributed by atoms with Crippen LogP contribution in [0.1, 0.15) is 6.92 Å². The van der Waals surface area contributed by atoms with Crippen molar-refractivity contribution in [2.24, 2.45) is 0 Å². The molecule has 0 aliphatic carbocycles. The Morgan fingerprint density at radius 2 is 2.17 bits per heavy atom. The van der Waals surface area contributed by atoms with Crippen LogP contribution >= 0.6 is 11.8 Å². The van der Waals surface area contributed by atoms with Gasteiger partial charge in [-0.1, -0.05) is 18.7 Å². The van der Waals surface area contributed by atoms with Gasteiger partial charge in [-0.05, 0) is 5.75 Å². The van der Waals surface area contributed by atoms with Crippen molar-refractivity contribution in [1.29, 1.82) is 0 Å². The summed E-state index contributed by atoms with van der Waals surface area (Å²) < 4.78 is 0. The van der Waals surface area contributed by atoms with Crippen LogP contribution in [-0.4, -0.2) is 27.8 Å². The highest BCUT2D eigenvalue weighted by Crippen LogP contribution is 2.13. The number of anilines is 2. The lowest BCUT2D eigenvalue weighted by molar-refractivity contribution is 0.921. The summed E-state index contributed by atoms with van der Waals surface area (Å²) in [6.45, 7) is 2.03. The lowest BCUT2D eigenvalue weighted by atomic mass is 10.9. The van der Waals surface area contributed by atoms with Crippen LogP contribution in [0.2, 0.25) is 0 Å². The fourth-order valence-electron chi connectivity index (χ4n) is 0.678. The number of thioether (sulfide) groups is 1. The topological polar surface area (TPSA) is 76.7 Å². The number of rotatable bonds is 3. The fraction of sp³-hybridized carbons (Fsp3) is 0.500. The Bertz CT molecular complexity index is 264. The van der Waals surface area contributed by atoms with Crippen LogP contribution in [0, 0.1) is 0 Å². The highest BCUT2D eigenvalue weighted by atomic mass is 32.2. The van der Waals surface area contributed by atoms with Gasteiger partial charge in [-0.3, -0.25) is 0 Å². The molecule has 0 spiro atoms. The van der Waals surface area contributed by atoms with Gasteiger partial charge in [-0.2, -0.15) is 15.0 Å². The molecule has 66 valence electrons. The molecule has 1 aromatic rings. The summed E-state index contributed by atoms with van der Waals surface area (Å²) in [6.07, 6.45) is 0. The maximum absolute atomic E-state index is 5.45. The SMILES string of the molecule is CCSc1nc(N)nc(NC)n1. The Kier molecular flexibility index (Phi) is 3.09. The van der Waals surface area contributed by atoms with E-state index in [2.05, 4.69) is 20.3 Å². The number of nitrogens with two attached hydrogens (primary N) is 1. The third-order valence-corrected chi connectivity index (χ3v) is 1.86. The van der Waals surface area contributed by atoms with E-state index in [1.165, 1.54) is 11.8 Å². The molecular weight excluding hydrogens is 174 g/mol. The molecule has 12 heavy (non-hydrogen) atoms. The van der Waals surface area contributed by atoms with Crippen molar-refractivity contribution in [2.75, 3.05) is 23.9 Å². The molecule has 0 aliphatic heterocycles. The molecule has 0 saturated carbocycles. The summed E-state index contributed by atoms with van der Waals surface area (Å²) in [7, 11) is 1.75. The number of hydrogen-bond acceptors (Lipinski definition) is 6. The van der Waals surface area contributed by atoms with E-state index >= 15 is 0 Å². The zero-order valence-electron chi connectivity index (χ0n) is 7.03. The van der Waals surface area contributed by atoms with E-state index in [1.807, 2.05) is 6.92 Å². The summed E-state index contributed by atoms with van der Waals surface area (Å²) >= 11 is 1.54. The Balaban J connectivity index is 2.90. The van der Waals surface area contributed by atoms with Gasteiger partial charge >= 0.3 is 0 Å². The Morgan fingerprint density at radius 3 is 2.75 bits per heavy atom. The zero-order chi connectivity index (χ0) is 8.97. The Hall–Kier alpha value is -1.04. The first-order chi connectivity index (χ1) is 5.76. The van der Waals surface area contributed by atoms with E-state index in [1.54, 1.807) is 7.05 Å². The highest BCUT2D eigenvalue weighted by Gasteiger charge is 2.01. The second kappa shape index (κ2) is 4.10. The molecular formula is C6H11N5S. The number of nitrogens with zero attached hydrogens (tertiary/aromatic N) is 3. The van der Waals surface area contributed by atoms with Crippen molar-refractivity contribution in [2.45, 2.75) is 12.1 Å². The molecule has 5 nitrogen and oxygen atoms in total. The predicted octanol–water partition coefficient (Wildman–Crippen LogP) is 0.607. The van der Waals surface area contributed by atoms with Crippen molar-refractivity contribution < 1.29 is 0 Å². The smallest absolute Gasteiger partial charge is 0.228 e. The number of hydrogen-bond donors (Lipinski definition) is 2. The van der Waals surface area contributed by atoms with E-state index < -0.39 is 0 Å². The van der Waals surface area contributed by atoms with E-state index in [-0.39, 0.29) is 5.95 Å². The lowest BCUT2D eigenvalue weighted by Crippen LogP contribution is -2.04. The van der Waals surface area contributed by atoms with Crippen LogP contribution in [0.3, 0.4) is 0 Å². The van der Waals surface area contributed by atoms with Gasteiger partial charge in [0.1, 0.15) is 0 Å². The molecule has 0 amide bonds. The minimum absolute atomic E-state index is 0.255. The largest absolute Gasteiger partial charge is 0.368 e. The number of nitrogens with one attached hydrogen (secondary N) is 1. The van der Waals surface area contributed by atoms with E-state index in [0.717, 1.165) is 5.75 Å². The lowest BCUT2D eigenvalue weighted by Gasteiger charge is -2.01. The van der Waals surface area contributed by atoms with Crippen molar-refractivity contribution in [3.05, 3.63) is 0 Å². The van der Waals surface area contributed by atoms with Gasteiger partial charge in [-0.25, -0.2) is 0 Å².